The summed E-state index contributed by atoms with van der Waals surface area (Å²) in [5.41, 5.74) is 0.586. The van der Waals surface area contributed by atoms with Gasteiger partial charge in [0.2, 0.25) is 0 Å². The number of benzene rings is 2. The largest absolute Gasteiger partial charge is 0.507 e. The fourth-order valence-electron chi connectivity index (χ4n) is 1.81. The molecule has 0 aliphatic carbocycles. The molecule has 2 rings (SSSR count). The van der Waals surface area contributed by atoms with Crippen LogP contribution in [0.5, 0.6) is 11.5 Å². The molecule has 5 nitrogen and oxygen atoms in total. The second kappa shape index (κ2) is 6.56. The molecule has 0 bridgehead atoms. The van der Waals surface area contributed by atoms with E-state index in [1.54, 1.807) is 30.3 Å². The molecule has 5 heteroatoms. The van der Waals surface area contributed by atoms with Crippen molar-refractivity contribution in [3.63, 3.8) is 0 Å². The summed E-state index contributed by atoms with van der Waals surface area (Å²) >= 11 is 0. The molecule has 0 atom stereocenters. The second-order valence-corrected chi connectivity index (χ2v) is 4.35. The van der Waals surface area contributed by atoms with Gasteiger partial charge < -0.3 is 15.2 Å². The van der Waals surface area contributed by atoms with Gasteiger partial charge in [0, 0.05) is 5.56 Å². The number of carbonyl (C=O) groups is 2. The fraction of sp³-hybridized carbons (Fsp3) is 0.125. The van der Waals surface area contributed by atoms with E-state index in [-0.39, 0.29) is 23.6 Å². The summed E-state index contributed by atoms with van der Waals surface area (Å²) in [6.07, 6.45) is 0. The third kappa shape index (κ3) is 3.60. The number of aromatic hydroxyl groups is 1. The first-order chi connectivity index (χ1) is 10.1. The number of Topliss-reactive ketones (excluding diaryl/α,β-unsaturated/α-hetero) is 1. The summed E-state index contributed by atoms with van der Waals surface area (Å²) in [7, 11) is 1.47. The number of amides is 1. The van der Waals surface area contributed by atoms with Gasteiger partial charge in [-0.25, -0.2) is 0 Å². The van der Waals surface area contributed by atoms with Gasteiger partial charge in [0.15, 0.2) is 5.78 Å². The van der Waals surface area contributed by atoms with Crippen LogP contribution in [-0.2, 0) is 0 Å². The lowest BCUT2D eigenvalue weighted by Crippen LogP contribution is -2.29. The molecule has 0 unspecified atom stereocenters. The number of nitrogens with one attached hydrogen (secondary N) is 1. The van der Waals surface area contributed by atoms with Crippen LogP contribution in [0, 0.1) is 0 Å². The van der Waals surface area contributed by atoms with Gasteiger partial charge in [-0.1, -0.05) is 30.3 Å². The molecule has 1 amide bonds. The van der Waals surface area contributed by atoms with E-state index < -0.39 is 5.91 Å². The smallest absolute Gasteiger partial charge is 0.255 e. The maximum Gasteiger partial charge on any atom is 0.255 e. The molecule has 0 heterocycles. The first-order valence-electron chi connectivity index (χ1n) is 6.35. The molecular weight excluding hydrogens is 270 g/mol. The summed E-state index contributed by atoms with van der Waals surface area (Å²) < 4.78 is 5.00. The topological polar surface area (TPSA) is 75.6 Å². The highest BCUT2D eigenvalue weighted by atomic mass is 16.5. The Morgan fingerprint density at radius 1 is 1.14 bits per heavy atom. The number of ether oxygens (including phenoxy) is 1. The van der Waals surface area contributed by atoms with Crippen molar-refractivity contribution in [2.75, 3.05) is 13.7 Å². The van der Waals surface area contributed by atoms with E-state index in [1.165, 1.54) is 19.2 Å². The Bertz CT molecular complexity index is 653. The van der Waals surface area contributed by atoms with Crippen molar-refractivity contribution in [2.24, 2.45) is 0 Å². The number of methoxy groups -OCH3 is 1. The molecule has 0 fully saturated rings. The zero-order valence-electron chi connectivity index (χ0n) is 11.5. The van der Waals surface area contributed by atoms with Crippen molar-refractivity contribution in [1.82, 2.24) is 5.32 Å². The quantitative estimate of drug-likeness (QED) is 0.824. The van der Waals surface area contributed by atoms with Crippen LogP contribution in [0.15, 0.2) is 48.5 Å². The van der Waals surface area contributed by atoms with Crippen LogP contribution in [-0.4, -0.2) is 30.5 Å². The molecule has 2 N–H and O–H groups in total. The number of phenols is 1. The molecule has 0 saturated heterocycles. The van der Waals surface area contributed by atoms with Crippen molar-refractivity contribution in [3.05, 3.63) is 59.7 Å². The highest BCUT2D eigenvalue weighted by molar-refractivity contribution is 6.03. The van der Waals surface area contributed by atoms with Crippen molar-refractivity contribution >= 4 is 11.7 Å². The fourth-order valence-corrected chi connectivity index (χ4v) is 1.81. The standard InChI is InChI=1S/C16H15NO4/c1-21-12-7-8-14(18)13(9-12)16(20)17-10-15(19)11-5-3-2-4-6-11/h2-9,18H,10H2,1H3,(H,17,20). The predicted molar refractivity (Wildman–Crippen MR) is 77.8 cm³/mol. The number of hydrogen-bond acceptors (Lipinski definition) is 4. The highest BCUT2D eigenvalue weighted by Gasteiger charge is 2.14. The van der Waals surface area contributed by atoms with E-state index in [1.807, 2.05) is 6.07 Å². The van der Waals surface area contributed by atoms with Crippen LogP contribution in [0.4, 0.5) is 0 Å². The zero-order chi connectivity index (χ0) is 15.2. The van der Waals surface area contributed by atoms with Crippen LogP contribution < -0.4 is 10.1 Å². The summed E-state index contributed by atoms with van der Waals surface area (Å²) in [6, 6.07) is 13.0. The van der Waals surface area contributed by atoms with Crippen LogP contribution in [0.3, 0.4) is 0 Å². The molecule has 21 heavy (non-hydrogen) atoms. The minimum atomic E-state index is -0.532. The second-order valence-electron chi connectivity index (χ2n) is 4.35. The minimum absolute atomic E-state index is 0.0650. The molecule has 0 aliphatic rings. The lowest BCUT2D eigenvalue weighted by Gasteiger charge is -2.08. The Balaban J connectivity index is 2.04. The summed E-state index contributed by atoms with van der Waals surface area (Å²) in [5.74, 6) is -0.449. The van der Waals surface area contributed by atoms with Crippen molar-refractivity contribution in [3.8, 4) is 11.5 Å². The molecule has 2 aromatic rings. The van der Waals surface area contributed by atoms with Crippen molar-refractivity contribution in [2.45, 2.75) is 0 Å². The molecule has 0 aromatic heterocycles. The number of ketones is 1. The number of phenolic OH excluding ortho intramolecular Hbond substituents is 1. The van der Waals surface area contributed by atoms with Crippen molar-refractivity contribution in [1.29, 1.82) is 0 Å². The number of rotatable bonds is 5. The summed E-state index contributed by atoms with van der Waals surface area (Å²) in [5, 5.41) is 12.2. The minimum Gasteiger partial charge on any atom is -0.507 e. The lowest BCUT2D eigenvalue weighted by molar-refractivity contribution is 0.0902. The molecule has 108 valence electrons. The average molecular weight is 285 g/mol. The molecule has 0 saturated carbocycles. The van der Waals surface area contributed by atoms with Gasteiger partial charge >= 0.3 is 0 Å². The predicted octanol–water partition coefficient (Wildman–Crippen LogP) is 2.01. The maximum absolute atomic E-state index is 12.0. The normalized spacial score (nSPS) is 9.95. The Kier molecular flexibility index (Phi) is 4.56. The van der Waals surface area contributed by atoms with E-state index in [0.717, 1.165) is 0 Å². The van der Waals surface area contributed by atoms with Gasteiger partial charge in [-0.2, -0.15) is 0 Å². The molecule has 0 spiro atoms. The van der Waals surface area contributed by atoms with Crippen LogP contribution in [0.25, 0.3) is 0 Å². The monoisotopic (exact) mass is 285 g/mol. The van der Waals surface area contributed by atoms with Gasteiger partial charge in [0.1, 0.15) is 11.5 Å². The maximum atomic E-state index is 12.0. The Hall–Kier alpha value is -2.82. The molecule has 0 aliphatic heterocycles. The van der Waals surface area contributed by atoms with E-state index in [0.29, 0.717) is 11.3 Å². The summed E-state index contributed by atoms with van der Waals surface area (Å²) in [6.45, 7) is -0.139. The first kappa shape index (κ1) is 14.6. The third-order valence-electron chi connectivity index (χ3n) is 2.95. The number of carbonyl (C=O) groups excluding carboxylic acids is 2. The third-order valence-corrected chi connectivity index (χ3v) is 2.95. The van der Waals surface area contributed by atoms with E-state index in [4.69, 9.17) is 4.74 Å². The van der Waals surface area contributed by atoms with Gasteiger partial charge in [-0.3, -0.25) is 9.59 Å². The van der Waals surface area contributed by atoms with E-state index in [9.17, 15) is 14.7 Å². The first-order valence-corrected chi connectivity index (χ1v) is 6.35. The van der Waals surface area contributed by atoms with Gasteiger partial charge in [-0.05, 0) is 18.2 Å². The number of hydrogen-bond donors (Lipinski definition) is 2. The summed E-state index contributed by atoms with van der Waals surface area (Å²) in [4.78, 5) is 23.9. The van der Waals surface area contributed by atoms with Gasteiger partial charge in [0.05, 0.1) is 19.2 Å². The van der Waals surface area contributed by atoms with Gasteiger partial charge in [-0.15, -0.1) is 0 Å². The lowest BCUT2D eigenvalue weighted by atomic mass is 10.1. The van der Waals surface area contributed by atoms with Gasteiger partial charge in [0.25, 0.3) is 5.91 Å². The SMILES string of the molecule is COc1ccc(O)c(C(=O)NCC(=O)c2ccccc2)c1. The highest BCUT2D eigenvalue weighted by Crippen LogP contribution is 2.22. The Morgan fingerprint density at radius 2 is 1.86 bits per heavy atom. The molecular formula is C16H15NO4. The van der Waals surface area contributed by atoms with Crippen molar-refractivity contribution < 1.29 is 19.4 Å². The average Bonchev–Trinajstić information content (AvgIpc) is 2.53. The van der Waals surface area contributed by atoms with Crippen LogP contribution >= 0.6 is 0 Å². The molecule has 0 radical (unpaired) electrons. The van der Waals surface area contributed by atoms with Crippen LogP contribution in [0.1, 0.15) is 20.7 Å². The Morgan fingerprint density at radius 3 is 2.52 bits per heavy atom. The van der Waals surface area contributed by atoms with Crippen LogP contribution in [0.2, 0.25) is 0 Å². The molecule has 2 aromatic carbocycles. The Labute approximate surface area is 122 Å². The zero-order valence-corrected chi connectivity index (χ0v) is 11.5. The van der Waals surface area contributed by atoms with E-state index >= 15 is 0 Å². The van der Waals surface area contributed by atoms with E-state index in [2.05, 4.69) is 5.32 Å².